The number of nitrogens with zero attached hydrogens (tertiary/aromatic N) is 4. The second-order valence-corrected chi connectivity index (χ2v) is 5.08. The van der Waals surface area contributed by atoms with E-state index in [0.717, 1.165) is 26.1 Å². The average molecular weight is 276 g/mol. The van der Waals surface area contributed by atoms with Gasteiger partial charge in [0.25, 0.3) is 0 Å². The van der Waals surface area contributed by atoms with E-state index in [-0.39, 0.29) is 6.10 Å². The van der Waals surface area contributed by atoms with Gasteiger partial charge in [-0.15, -0.1) is 0 Å². The maximum absolute atomic E-state index is 13.0. The van der Waals surface area contributed by atoms with Crippen LogP contribution in [0.2, 0.25) is 0 Å². The maximum atomic E-state index is 13.0. The summed E-state index contributed by atoms with van der Waals surface area (Å²) in [6.07, 6.45) is 4.89. The second-order valence-electron chi connectivity index (χ2n) is 5.08. The molecule has 6 heteroatoms. The number of aryl methyl sites for hydroxylation is 1. The standard InChI is InChI=1S/C14H17FN4O/c1-18-8-11(7-16-18)9-19-6-5-12(10-19)20-14-4-2-3-13(15)17-14/h2-4,7-8,12H,5-6,9-10H2,1H3. The summed E-state index contributed by atoms with van der Waals surface area (Å²) < 4.78 is 20.5. The highest BCUT2D eigenvalue weighted by atomic mass is 19.1. The van der Waals surface area contributed by atoms with E-state index in [4.69, 9.17) is 4.74 Å². The van der Waals surface area contributed by atoms with Gasteiger partial charge in [-0.25, -0.2) is 0 Å². The highest BCUT2D eigenvalue weighted by molar-refractivity contribution is 5.11. The molecule has 0 spiro atoms. The van der Waals surface area contributed by atoms with Gasteiger partial charge in [0.05, 0.1) is 6.20 Å². The predicted octanol–water partition coefficient (Wildman–Crippen LogP) is 1.61. The van der Waals surface area contributed by atoms with E-state index in [1.54, 1.807) is 16.8 Å². The summed E-state index contributed by atoms with van der Waals surface area (Å²) in [5.41, 5.74) is 1.19. The molecule has 0 amide bonds. The van der Waals surface area contributed by atoms with Crippen LogP contribution in [0.4, 0.5) is 4.39 Å². The van der Waals surface area contributed by atoms with Crippen LogP contribution in [0, 0.1) is 5.95 Å². The molecule has 0 aromatic carbocycles. The van der Waals surface area contributed by atoms with Crippen molar-refractivity contribution in [3.8, 4) is 5.88 Å². The van der Waals surface area contributed by atoms with Crippen LogP contribution in [-0.2, 0) is 13.6 Å². The molecule has 20 heavy (non-hydrogen) atoms. The molecule has 1 saturated heterocycles. The van der Waals surface area contributed by atoms with E-state index in [9.17, 15) is 4.39 Å². The highest BCUT2D eigenvalue weighted by Gasteiger charge is 2.24. The fourth-order valence-corrected chi connectivity index (χ4v) is 2.47. The van der Waals surface area contributed by atoms with Gasteiger partial charge in [-0.05, 0) is 12.5 Å². The van der Waals surface area contributed by atoms with Gasteiger partial charge < -0.3 is 4.74 Å². The summed E-state index contributed by atoms with van der Waals surface area (Å²) in [7, 11) is 1.91. The molecule has 2 aromatic rings. The number of aromatic nitrogens is 3. The Bertz CT molecular complexity index is 586. The van der Waals surface area contributed by atoms with Gasteiger partial charge in [0, 0.05) is 44.5 Å². The van der Waals surface area contributed by atoms with Crippen molar-refractivity contribution in [3.63, 3.8) is 0 Å². The summed E-state index contributed by atoms with van der Waals surface area (Å²) >= 11 is 0. The van der Waals surface area contributed by atoms with E-state index in [1.165, 1.54) is 11.6 Å². The Morgan fingerprint density at radius 3 is 3.10 bits per heavy atom. The van der Waals surface area contributed by atoms with Crippen LogP contribution >= 0.6 is 0 Å². The number of hydrogen-bond acceptors (Lipinski definition) is 4. The smallest absolute Gasteiger partial charge is 0.216 e. The summed E-state index contributed by atoms with van der Waals surface area (Å²) in [6, 6.07) is 4.61. The number of pyridine rings is 1. The largest absolute Gasteiger partial charge is 0.473 e. The van der Waals surface area contributed by atoms with Crippen LogP contribution < -0.4 is 4.74 Å². The molecule has 2 aromatic heterocycles. The molecule has 1 atom stereocenters. The van der Waals surface area contributed by atoms with Crippen LogP contribution in [-0.4, -0.2) is 38.9 Å². The van der Waals surface area contributed by atoms with Gasteiger partial charge in [-0.3, -0.25) is 9.58 Å². The molecule has 3 heterocycles. The molecule has 1 unspecified atom stereocenters. The molecule has 3 rings (SSSR count). The molecular weight excluding hydrogens is 259 g/mol. The number of likely N-dealkylation sites (tertiary alicyclic amines) is 1. The van der Waals surface area contributed by atoms with Crippen LogP contribution in [0.1, 0.15) is 12.0 Å². The monoisotopic (exact) mass is 276 g/mol. The normalized spacial score (nSPS) is 19.4. The zero-order chi connectivity index (χ0) is 13.9. The molecule has 0 bridgehead atoms. The van der Waals surface area contributed by atoms with E-state index in [2.05, 4.69) is 15.0 Å². The fraction of sp³-hybridized carbons (Fsp3) is 0.429. The number of ether oxygens (including phenoxy) is 1. The number of rotatable bonds is 4. The Hall–Kier alpha value is -1.95. The molecule has 1 aliphatic rings. The predicted molar refractivity (Wildman–Crippen MR) is 71.7 cm³/mol. The first kappa shape index (κ1) is 13.1. The summed E-state index contributed by atoms with van der Waals surface area (Å²) in [6.45, 7) is 2.66. The quantitative estimate of drug-likeness (QED) is 0.796. The SMILES string of the molecule is Cn1cc(CN2CCC(Oc3cccc(F)n3)C2)cn1. The Balaban J connectivity index is 1.54. The van der Waals surface area contributed by atoms with E-state index in [1.807, 2.05) is 19.4 Å². The average Bonchev–Trinajstić information content (AvgIpc) is 3.00. The Morgan fingerprint density at radius 2 is 2.35 bits per heavy atom. The minimum absolute atomic E-state index is 0.0703. The molecule has 1 aliphatic heterocycles. The first-order valence-corrected chi connectivity index (χ1v) is 6.68. The van der Waals surface area contributed by atoms with Gasteiger partial charge in [-0.1, -0.05) is 6.07 Å². The van der Waals surface area contributed by atoms with Crippen molar-refractivity contribution in [1.29, 1.82) is 0 Å². The highest BCUT2D eigenvalue weighted by Crippen LogP contribution is 2.18. The van der Waals surface area contributed by atoms with E-state index in [0.29, 0.717) is 5.88 Å². The lowest BCUT2D eigenvalue weighted by Crippen LogP contribution is -2.24. The molecule has 5 nitrogen and oxygen atoms in total. The molecule has 0 saturated carbocycles. The molecular formula is C14H17FN4O. The molecule has 0 N–H and O–H groups in total. The first-order valence-electron chi connectivity index (χ1n) is 6.68. The maximum Gasteiger partial charge on any atom is 0.216 e. The van der Waals surface area contributed by atoms with Crippen LogP contribution in [0.5, 0.6) is 5.88 Å². The van der Waals surface area contributed by atoms with Gasteiger partial charge in [-0.2, -0.15) is 14.5 Å². The van der Waals surface area contributed by atoms with Gasteiger partial charge in [0.2, 0.25) is 11.8 Å². The van der Waals surface area contributed by atoms with Crippen LogP contribution in [0.15, 0.2) is 30.6 Å². The number of hydrogen-bond donors (Lipinski definition) is 0. The second kappa shape index (κ2) is 5.58. The van der Waals surface area contributed by atoms with Crippen molar-refractivity contribution in [2.75, 3.05) is 13.1 Å². The summed E-state index contributed by atoms with van der Waals surface area (Å²) in [5.74, 6) is -0.147. The summed E-state index contributed by atoms with van der Waals surface area (Å²) in [4.78, 5) is 6.03. The third-order valence-electron chi connectivity index (χ3n) is 3.37. The van der Waals surface area contributed by atoms with Crippen molar-refractivity contribution in [3.05, 3.63) is 42.1 Å². The fourth-order valence-electron chi connectivity index (χ4n) is 2.47. The zero-order valence-corrected chi connectivity index (χ0v) is 11.4. The van der Waals surface area contributed by atoms with E-state index >= 15 is 0 Å². The van der Waals surface area contributed by atoms with Crippen molar-refractivity contribution < 1.29 is 9.13 Å². The molecule has 1 fully saturated rings. The lowest BCUT2D eigenvalue weighted by molar-refractivity contribution is 0.189. The van der Waals surface area contributed by atoms with Crippen molar-refractivity contribution in [2.24, 2.45) is 7.05 Å². The summed E-state index contributed by atoms with van der Waals surface area (Å²) in [5, 5.41) is 4.16. The molecule has 0 aliphatic carbocycles. The lowest BCUT2D eigenvalue weighted by atomic mass is 10.3. The topological polar surface area (TPSA) is 43.2 Å². The molecule has 106 valence electrons. The van der Waals surface area contributed by atoms with Crippen LogP contribution in [0.25, 0.3) is 0 Å². The minimum Gasteiger partial charge on any atom is -0.473 e. The Labute approximate surface area is 117 Å². The van der Waals surface area contributed by atoms with Gasteiger partial charge in [0.15, 0.2) is 0 Å². The van der Waals surface area contributed by atoms with Crippen molar-refractivity contribution >= 4 is 0 Å². The third kappa shape index (κ3) is 3.14. The van der Waals surface area contributed by atoms with Crippen LogP contribution in [0.3, 0.4) is 0 Å². The Morgan fingerprint density at radius 1 is 1.45 bits per heavy atom. The first-order chi connectivity index (χ1) is 9.69. The van der Waals surface area contributed by atoms with Crippen molar-refractivity contribution in [2.45, 2.75) is 19.1 Å². The minimum atomic E-state index is -0.507. The van der Waals surface area contributed by atoms with Gasteiger partial charge in [0.1, 0.15) is 6.10 Å². The third-order valence-corrected chi connectivity index (χ3v) is 3.37. The van der Waals surface area contributed by atoms with Gasteiger partial charge >= 0.3 is 0 Å². The zero-order valence-electron chi connectivity index (χ0n) is 11.4. The van der Waals surface area contributed by atoms with Crippen molar-refractivity contribution in [1.82, 2.24) is 19.7 Å². The van der Waals surface area contributed by atoms with E-state index < -0.39 is 5.95 Å². The lowest BCUT2D eigenvalue weighted by Gasteiger charge is -2.15. The number of halogens is 1. The molecule has 0 radical (unpaired) electrons. The Kier molecular flexibility index (Phi) is 3.64.